The molecule has 0 bridgehead atoms. The highest BCUT2D eigenvalue weighted by atomic mass is 32.2. The van der Waals surface area contributed by atoms with Gasteiger partial charge in [0.05, 0.1) is 17.9 Å². The Morgan fingerprint density at radius 1 is 0.659 bits per heavy atom. The van der Waals surface area contributed by atoms with Gasteiger partial charge in [-0.2, -0.15) is 8.42 Å². The van der Waals surface area contributed by atoms with Gasteiger partial charge in [0, 0.05) is 0 Å². The summed E-state index contributed by atoms with van der Waals surface area (Å²) in [7, 11) is -4.43. The first kappa shape index (κ1) is 40.0. The third-order valence-electron chi connectivity index (χ3n) is 7.82. The first-order valence-electron chi connectivity index (χ1n) is 17.0. The lowest BCUT2D eigenvalue weighted by Crippen LogP contribution is -2.50. The molecule has 0 spiro atoms. The second-order valence-corrected chi connectivity index (χ2v) is 13.4. The fourth-order valence-corrected chi connectivity index (χ4v) is 5.89. The third-order valence-corrected chi connectivity index (χ3v) is 8.60. The Morgan fingerprint density at radius 3 is 1.46 bits per heavy atom. The van der Waals surface area contributed by atoms with Crippen molar-refractivity contribution < 1.29 is 28.0 Å². The van der Waals surface area contributed by atoms with E-state index >= 15 is 0 Å². The Labute approximate surface area is 253 Å². The molecule has 0 saturated heterocycles. The number of hydrogen-bond donors (Lipinski definition) is 4. The van der Waals surface area contributed by atoms with Crippen LogP contribution in [0, 0.1) is 0 Å². The zero-order valence-electron chi connectivity index (χ0n) is 26.5. The van der Waals surface area contributed by atoms with Crippen LogP contribution in [0.1, 0.15) is 168 Å². The van der Waals surface area contributed by atoms with E-state index in [1.807, 2.05) is 0 Å². The summed E-state index contributed by atoms with van der Waals surface area (Å²) in [5, 5.41) is 23.2. The van der Waals surface area contributed by atoms with E-state index < -0.39 is 40.0 Å². The van der Waals surface area contributed by atoms with Crippen molar-refractivity contribution in [2.24, 2.45) is 0 Å². The second-order valence-electron chi connectivity index (χ2n) is 11.9. The average molecular weight is 604 g/mol. The Hall–Kier alpha value is -0.960. The van der Waals surface area contributed by atoms with E-state index in [-0.39, 0.29) is 6.42 Å². The molecule has 0 fully saturated rings. The van der Waals surface area contributed by atoms with Gasteiger partial charge in [-0.15, -0.1) is 0 Å². The van der Waals surface area contributed by atoms with Crippen molar-refractivity contribution in [1.82, 2.24) is 5.32 Å². The molecule has 0 aliphatic rings. The van der Waals surface area contributed by atoms with Gasteiger partial charge in [0.15, 0.2) is 0 Å². The normalized spacial score (nSPS) is 14.4. The Balaban J connectivity index is 4.18. The predicted octanol–water partition coefficient (Wildman–Crippen LogP) is 8.04. The number of aliphatic hydroxyl groups excluding tert-OH is 2. The van der Waals surface area contributed by atoms with E-state index in [1.165, 1.54) is 109 Å². The second kappa shape index (κ2) is 27.8. The number of carbonyl (C=O) groups excluding carboxylic acids is 1. The number of nitrogens with one attached hydrogen (secondary N) is 1. The van der Waals surface area contributed by atoms with Gasteiger partial charge in [-0.1, -0.05) is 161 Å². The highest BCUT2D eigenvalue weighted by molar-refractivity contribution is 7.85. The largest absolute Gasteiger partial charge is 0.387 e. The monoisotopic (exact) mass is 603 g/mol. The van der Waals surface area contributed by atoms with Crippen LogP contribution < -0.4 is 5.32 Å². The fourth-order valence-electron chi connectivity index (χ4n) is 5.16. The van der Waals surface area contributed by atoms with Gasteiger partial charge in [-0.3, -0.25) is 9.35 Å². The molecule has 0 aliphatic carbocycles. The number of allylic oxidation sites excluding steroid dienone is 1. The van der Waals surface area contributed by atoms with E-state index in [4.69, 9.17) is 0 Å². The molecule has 0 aromatic rings. The molecule has 244 valence electrons. The number of unbranched alkanes of at least 4 members (excludes halogenated alkanes) is 21. The Morgan fingerprint density at radius 2 is 1.05 bits per heavy atom. The predicted molar refractivity (Wildman–Crippen MR) is 172 cm³/mol. The van der Waals surface area contributed by atoms with Crippen molar-refractivity contribution in [3.8, 4) is 0 Å². The van der Waals surface area contributed by atoms with E-state index in [1.54, 1.807) is 6.08 Å². The van der Waals surface area contributed by atoms with Crippen molar-refractivity contribution in [3.05, 3.63) is 12.2 Å². The van der Waals surface area contributed by atoms with Gasteiger partial charge >= 0.3 is 0 Å². The molecule has 41 heavy (non-hydrogen) atoms. The molecule has 3 atom stereocenters. The van der Waals surface area contributed by atoms with Crippen LogP contribution in [-0.4, -0.2) is 53.1 Å². The molecule has 0 aromatic heterocycles. The highest BCUT2D eigenvalue weighted by Crippen LogP contribution is 2.14. The van der Waals surface area contributed by atoms with Gasteiger partial charge in [0.25, 0.3) is 10.1 Å². The van der Waals surface area contributed by atoms with Crippen LogP contribution in [0.5, 0.6) is 0 Å². The van der Waals surface area contributed by atoms with Gasteiger partial charge < -0.3 is 15.5 Å². The minimum absolute atomic E-state index is 0.284. The lowest BCUT2D eigenvalue weighted by molar-refractivity contribution is -0.130. The standard InChI is InChI=1S/C33H65NO6S/c1-3-5-7-9-11-13-15-17-19-21-23-25-27-31(35)30(29-41(38,39)40)34-33(37)32(36)28-26-24-22-20-18-16-14-12-10-8-6-4-2/h25,27,30-32,35-36H,3-24,26,28-29H2,1-2H3,(H,34,37)(H,38,39,40)/b27-25+. The van der Waals surface area contributed by atoms with Gasteiger partial charge in [-0.05, 0) is 19.3 Å². The Kier molecular flexibility index (Phi) is 27.2. The zero-order valence-corrected chi connectivity index (χ0v) is 27.4. The highest BCUT2D eigenvalue weighted by Gasteiger charge is 2.27. The lowest BCUT2D eigenvalue weighted by Gasteiger charge is -2.22. The summed E-state index contributed by atoms with van der Waals surface area (Å²) < 4.78 is 32.3. The third kappa shape index (κ3) is 27.6. The molecule has 8 heteroatoms. The van der Waals surface area contributed by atoms with E-state index in [9.17, 15) is 28.0 Å². The molecule has 3 unspecified atom stereocenters. The average Bonchev–Trinajstić information content (AvgIpc) is 2.92. The van der Waals surface area contributed by atoms with Crippen molar-refractivity contribution >= 4 is 16.0 Å². The molecule has 0 aliphatic heterocycles. The topological polar surface area (TPSA) is 124 Å². The molecular weight excluding hydrogens is 538 g/mol. The molecule has 0 heterocycles. The summed E-state index contributed by atoms with van der Waals surface area (Å²) >= 11 is 0. The summed E-state index contributed by atoms with van der Waals surface area (Å²) in [5.41, 5.74) is 0. The minimum atomic E-state index is -4.43. The molecule has 0 rings (SSSR count). The van der Waals surface area contributed by atoms with Crippen molar-refractivity contribution in [2.75, 3.05) is 5.75 Å². The summed E-state index contributed by atoms with van der Waals surface area (Å²) in [6.45, 7) is 4.46. The molecular formula is C33H65NO6S. The summed E-state index contributed by atoms with van der Waals surface area (Å²) in [6.07, 6.45) is 28.4. The maximum Gasteiger partial charge on any atom is 0.267 e. The van der Waals surface area contributed by atoms with Crippen LogP contribution in [-0.2, 0) is 14.9 Å². The van der Waals surface area contributed by atoms with Gasteiger partial charge in [-0.25, -0.2) is 0 Å². The fraction of sp³-hybridized carbons (Fsp3) is 0.909. The number of rotatable bonds is 30. The van der Waals surface area contributed by atoms with Crippen LogP contribution in [0.15, 0.2) is 12.2 Å². The lowest BCUT2D eigenvalue weighted by atomic mass is 10.0. The molecule has 0 saturated carbocycles. The SMILES string of the molecule is CCCCCCCCCCCC/C=C/C(O)C(CS(=O)(=O)O)NC(=O)C(O)CCCCCCCCCCCCCC. The molecule has 4 N–H and O–H groups in total. The van der Waals surface area contributed by atoms with Crippen LogP contribution in [0.3, 0.4) is 0 Å². The van der Waals surface area contributed by atoms with Crippen molar-refractivity contribution in [2.45, 2.75) is 186 Å². The van der Waals surface area contributed by atoms with Crippen molar-refractivity contribution in [3.63, 3.8) is 0 Å². The quantitative estimate of drug-likeness (QED) is 0.0374. The zero-order chi connectivity index (χ0) is 30.6. The van der Waals surface area contributed by atoms with E-state index in [2.05, 4.69) is 19.2 Å². The van der Waals surface area contributed by atoms with Crippen LogP contribution in [0.2, 0.25) is 0 Å². The number of aliphatic hydroxyl groups is 2. The van der Waals surface area contributed by atoms with Crippen LogP contribution in [0.25, 0.3) is 0 Å². The minimum Gasteiger partial charge on any atom is -0.387 e. The number of carbonyl (C=O) groups is 1. The summed E-state index contributed by atoms with van der Waals surface area (Å²) in [6, 6.07) is -1.22. The smallest absolute Gasteiger partial charge is 0.267 e. The number of hydrogen-bond acceptors (Lipinski definition) is 5. The first-order valence-corrected chi connectivity index (χ1v) is 18.6. The van der Waals surface area contributed by atoms with Crippen LogP contribution in [0.4, 0.5) is 0 Å². The maximum atomic E-state index is 12.5. The van der Waals surface area contributed by atoms with Crippen LogP contribution >= 0.6 is 0 Å². The van der Waals surface area contributed by atoms with Gasteiger partial charge in [0.1, 0.15) is 6.10 Å². The first-order chi connectivity index (χ1) is 19.7. The van der Waals surface area contributed by atoms with Gasteiger partial charge in [0.2, 0.25) is 5.91 Å². The summed E-state index contributed by atoms with van der Waals surface area (Å²) in [4.78, 5) is 12.5. The molecule has 0 radical (unpaired) electrons. The molecule has 1 amide bonds. The molecule has 0 aromatic carbocycles. The maximum absolute atomic E-state index is 12.5. The summed E-state index contributed by atoms with van der Waals surface area (Å²) in [5.74, 6) is -1.53. The Bertz CT molecular complexity index is 727. The van der Waals surface area contributed by atoms with Crippen molar-refractivity contribution in [1.29, 1.82) is 0 Å². The molecule has 7 nitrogen and oxygen atoms in total. The van der Waals surface area contributed by atoms with E-state index in [0.29, 0.717) is 6.42 Å². The van der Waals surface area contributed by atoms with E-state index in [0.717, 1.165) is 38.5 Å². The number of amides is 1.